The lowest BCUT2D eigenvalue weighted by atomic mass is 9.98. The Balaban J connectivity index is 3.36. The van der Waals surface area contributed by atoms with E-state index in [1.165, 1.54) is 0 Å². The Labute approximate surface area is 206 Å². The number of ether oxygens (including phenoxy) is 1. The van der Waals surface area contributed by atoms with Crippen molar-refractivity contribution < 1.29 is 19.1 Å². The average molecular weight is 476 g/mol. The van der Waals surface area contributed by atoms with E-state index in [9.17, 15) is 14.4 Å². The van der Waals surface area contributed by atoms with Crippen LogP contribution in [0.25, 0.3) is 0 Å². The quantitative estimate of drug-likeness (QED) is 0.410. The van der Waals surface area contributed by atoms with Gasteiger partial charge in [0.05, 0.1) is 0 Å². The van der Waals surface area contributed by atoms with Gasteiger partial charge in [-0.2, -0.15) is 0 Å². The van der Waals surface area contributed by atoms with Crippen LogP contribution in [0, 0.1) is 12.8 Å². The maximum Gasteiger partial charge on any atom is 0.408 e. The van der Waals surface area contributed by atoms with Crippen LogP contribution in [0.1, 0.15) is 91.3 Å². The normalized spacial score (nSPS) is 13.2. The first kappa shape index (κ1) is 29.5. The lowest BCUT2D eigenvalue weighted by molar-refractivity contribution is -0.143. The van der Waals surface area contributed by atoms with Gasteiger partial charge in [0.1, 0.15) is 17.7 Å². The Hall–Kier alpha value is -2.57. The molecule has 2 atom stereocenters. The molecule has 0 aliphatic carbocycles. The topological polar surface area (TPSA) is 87.7 Å². The van der Waals surface area contributed by atoms with Crippen molar-refractivity contribution in [1.82, 2.24) is 15.5 Å². The second kappa shape index (κ2) is 14.0. The Bertz CT molecular complexity index is 784. The molecule has 1 aromatic rings. The van der Waals surface area contributed by atoms with Crippen molar-refractivity contribution in [2.45, 2.75) is 98.8 Å². The van der Waals surface area contributed by atoms with Crippen molar-refractivity contribution in [1.29, 1.82) is 0 Å². The summed E-state index contributed by atoms with van der Waals surface area (Å²) in [6.07, 6.45) is 2.79. The van der Waals surface area contributed by atoms with Gasteiger partial charge in [0.15, 0.2) is 0 Å². The standard InChI is InChI=1S/C27H45N3O4/c1-9-11-17-28-24(31)23(21-15-13-20(5)14-16-21)30(18-12-10-2)25(32)22(19(3)4)29-26(33)34-27(6,7)8/h13-16,19,22-23H,9-12,17-18H2,1-8H3,(H,28,31)(H,29,33). The molecule has 0 saturated heterocycles. The second-order valence-corrected chi connectivity index (χ2v) is 10.2. The monoisotopic (exact) mass is 475 g/mol. The van der Waals surface area contributed by atoms with Crippen molar-refractivity contribution in [2.24, 2.45) is 5.92 Å². The summed E-state index contributed by atoms with van der Waals surface area (Å²) in [7, 11) is 0. The molecule has 0 aliphatic rings. The number of hydrogen-bond donors (Lipinski definition) is 2. The lowest BCUT2D eigenvalue weighted by Crippen LogP contribution is -2.55. The van der Waals surface area contributed by atoms with E-state index in [1.807, 2.05) is 52.0 Å². The number of nitrogens with one attached hydrogen (secondary N) is 2. The van der Waals surface area contributed by atoms with Crippen molar-refractivity contribution >= 4 is 17.9 Å². The summed E-state index contributed by atoms with van der Waals surface area (Å²) >= 11 is 0. The van der Waals surface area contributed by atoms with Crippen molar-refractivity contribution in [3.8, 4) is 0 Å². The van der Waals surface area contributed by atoms with Crippen LogP contribution in [-0.4, -0.2) is 47.5 Å². The van der Waals surface area contributed by atoms with Gasteiger partial charge in [0, 0.05) is 13.1 Å². The molecule has 0 aromatic heterocycles. The van der Waals surface area contributed by atoms with Crippen LogP contribution >= 0.6 is 0 Å². The van der Waals surface area contributed by atoms with E-state index in [1.54, 1.807) is 25.7 Å². The number of unbranched alkanes of at least 4 members (excludes halogenated alkanes) is 2. The molecule has 1 aromatic carbocycles. The summed E-state index contributed by atoms with van der Waals surface area (Å²) in [5.41, 5.74) is 1.15. The predicted octanol–water partition coefficient (Wildman–Crippen LogP) is 5.13. The predicted molar refractivity (Wildman–Crippen MR) is 136 cm³/mol. The molecule has 0 saturated carbocycles. The van der Waals surface area contributed by atoms with Crippen LogP contribution in [0.15, 0.2) is 24.3 Å². The van der Waals surface area contributed by atoms with Gasteiger partial charge >= 0.3 is 6.09 Å². The molecule has 3 amide bonds. The van der Waals surface area contributed by atoms with Crippen LogP contribution in [0.5, 0.6) is 0 Å². The van der Waals surface area contributed by atoms with Gasteiger partial charge in [0.2, 0.25) is 11.8 Å². The Morgan fingerprint density at radius 2 is 1.59 bits per heavy atom. The number of nitrogens with zero attached hydrogens (tertiary/aromatic N) is 1. The minimum atomic E-state index is -0.817. The number of amides is 3. The molecule has 0 radical (unpaired) electrons. The summed E-state index contributed by atoms with van der Waals surface area (Å²) in [4.78, 5) is 41.4. The van der Waals surface area contributed by atoms with Gasteiger partial charge in [-0.1, -0.05) is 70.4 Å². The molecule has 0 spiro atoms. The van der Waals surface area contributed by atoms with Gasteiger partial charge < -0.3 is 20.3 Å². The van der Waals surface area contributed by atoms with E-state index in [4.69, 9.17) is 4.74 Å². The van der Waals surface area contributed by atoms with Crippen LogP contribution in [0.3, 0.4) is 0 Å². The Morgan fingerprint density at radius 1 is 1.00 bits per heavy atom. The SMILES string of the molecule is CCCCNC(=O)C(c1ccc(C)cc1)N(CCCC)C(=O)C(NC(=O)OC(C)(C)C)C(C)C. The Kier molecular flexibility index (Phi) is 12.1. The second-order valence-electron chi connectivity index (χ2n) is 10.2. The number of alkyl carbamates (subject to hydrolysis) is 1. The molecule has 7 nitrogen and oxygen atoms in total. The molecule has 2 unspecified atom stereocenters. The number of aryl methyl sites for hydroxylation is 1. The van der Waals surface area contributed by atoms with Crippen LogP contribution < -0.4 is 10.6 Å². The van der Waals surface area contributed by atoms with Crippen LogP contribution in [0.4, 0.5) is 4.79 Å². The molecule has 2 N–H and O–H groups in total. The highest BCUT2D eigenvalue weighted by atomic mass is 16.6. The molecule has 7 heteroatoms. The van der Waals surface area contributed by atoms with Gasteiger partial charge in [-0.25, -0.2) is 4.79 Å². The van der Waals surface area contributed by atoms with Crippen molar-refractivity contribution in [3.63, 3.8) is 0 Å². The fraction of sp³-hybridized carbons (Fsp3) is 0.667. The van der Waals surface area contributed by atoms with E-state index in [0.29, 0.717) is 13.1 Å². The molecule has 34 heavy (non-hydrogen) atoms. The third kappa shape index (κ3) is 9.74. The summed E-state index contributed by atoms with van der Waals surface area (Å²) in [5.74, 6) is -0.682. The van der Waals surface area contributed by atoms with Gasteiger partial charge in [-0.3, -0.25) is 9.59 Å². The zero-order chi connectivity index (χ0) is 25.9. The fourth-order valence-corrected chi connectivity index (χ4v) is 3.53. The van der Waals surface area contributed by atoms with Gasteiger partial charge in [-0.05, 0) is 52.0 Å². The maximum absolute atomic E-state index is 13.9. The average Bonchev–Trinajstić information content (AvgIpc) is 2.74. The zero-order valence-corrected chi connectivity index (χ0v) is 22.4. The molecule has 0 aliphatic heterocycles. The van der Waals surface area contributed by atoms with Crippen LogP contribution in [0.2, 0.25) is 0 Å². The smallest absolute Gasteiger partial charge is 0.408 e. The number of benzene rings is 1. The highest BCUT2D eigenvalue weighted by molar-refractivity contribution is 5.92. The van der Waals surface area contributed by atoms with E-state index >= 15 is 0 Å². The number of carbonyl (C=O) groups is 3. The summed E-state index contributed by atoms with van der Waals surface area (Å²) in [6.45, 7) is 16.1. The molecule has 0 fully saturated rings. The molecular weight excluding hydrogens is 430 g/mol. The maximum atomic E-state index is 13.9. The van der Waals surface area contributed by atoms with Gasteiger partial charge in [0.25, 0.3) is 0 Å². The minimum Gasteiger partial charge on any atom is -0.444 e. The van der Waals surface area contributed by atoms with E-state index in [2.05, 4.69) is 17.6 Å². The zero-order valence-electron chi connectivity index (χ0n) is 22.4. The third-order valence-electron chi connectivity index (χ3n) is 5.42. The number of carbonyl (C=O) groups excluding carboxylic acids is 3. The lowest BCUT2D eigenvalue weighted by Gasteiger charge is -2.35. The largest absolute Gasteiger partial charge is 0.444 e. The first-order chi connectivity index (χ1) is 15.9. The number of hydrogen-bond acceptors (Lipinski definition) is 4. The van der Waals surface area contributed by atoms with E-state index in [-0.39, 0.29) is 17.7 Å². The molecule has 0 heterocycles. The first-order valence-electron chi connectivity index (χ1n) is 12.6. The molecular formula is C27H45N3O4. The third-order valence-corrected chi connectivity index (χ3v) is 5.42. The molecule has 192 valence electrons. The number of rotatable bonds is 12. The summed E-state index contributed by atoms with van der Waals surface area (Å²) in [6, 6.07) is 6.10. The Morgan fingerprint density at radius 3 is 2.09 bits per heavy atom. The van der Waals surface area contributed by atoms with E-state index < -0.39 is 23.8 Å². The van der Waals surface area contributed by atoms with Gasteiger partial charge in [-0.15, -0.1) is 0 Å². The highest BCUT2D eigenvalue weighted by Gasteiger charge is 2.37. The highest BCUT2D eigenvalue weighted by Crippen LogP contribution is 2.25. The minimum absolute atomic E-state index is 0.189. The van der Waals surface area contributed by atoms with Crippen molar-refractivity contribution in [3.05, 3.63) is 35.4 Å². The summed E-state index contributed by atoms with van der Waals surface area (Å²) in [5, 5.41) is 5.76. The van der Waals surface area contributed by atoms with Crippen LogP contribution in [-0.2, 0) is 14.3 Å². The molecule has 1 rings (SSSR count). The fourth-order valence-electron chi connectivity index (χ4n) is 3.53. The van der Waals surface area contributed by atoms with E-state index in [0.717, 1.165) is 36.8 Å². The molecule has 0 bridgehead atoms. The van der Waals surface area contributed by atoms with Crippen molar-refractivity contribution in [2.75, 3.05) is 13.1 Å². The summed E-state index contributed by atoms with van der Waals surface area (Å²) < 4.78 is 5.40. The first-order valence-corrected chi connectivity index (χ1v) is 12.6.